The van der Waals surface area contributed by atoms with Crippen LogP contribution in [0.1, 0.15) is 5.56 Å². The minimum atomic E-state index is -0.734. The highest BCUT2D eigenvalue weighted by Gasteiger charge is 2.15. The van der Waals surface area contributed by atoms with Crippen LogP contribution in [0.15, 0.2) is 76.4 Å². The molecule has 0 unspecified atom stereocenters. The summed E-state index contributed by atoms with van der Waals surface area (Å²) >= 11 is 0. The van der Waals surface area contributed by atoms with Gasteiger partial charge in [-0.1, -0.05) is 36.4 Å². The van der Waals surface area contributed by atoms with Crippen molar-refractivity contribution in [2.24, 2.45) is 10.8 Å². The molecule has 4 rings (SSSR count). The number of hydrogen-bond donors (Lipinski definition) is 2. The van der Waals surface area contributed by atoms with Crippen LogP contribution in [0.3, 0.4) is 0 Å². The topological polar surface area (TPSA) is 98.4 Å². The number of urea groups is 1. The average molecular weight is 345 g/mol. The molecule has 0 radical (unpaired) electrons. The number of hydrogen-bond acceptors (Lipinski definition) is 4. The summed E-state index contributed by atoms with van der Waals surface area (Å²) in [5, 5.41) is 9.46. The maximum atomic E-state index is 10.8. The molecule has 3 N–H and O–H groups in total. The van der Waals surface area contributed by atoms with Crippen LogP contribution >= 0.6 is 0 Å². The molecule has 0 aliphatic heterocycles. The van der Waals surface area contributed by atoms with Gasteiger partial charge in [-0.2, -0.15) is 10.2 Å². The standard InChI is InChI=1S/C19H15N5O2/c20-19(25)22-21-11-14-12-24(15-7-2-1-3-8-15)23-18(14)17-10-13-6-4-5-9-16(13)26-17/h1-12H,(H3,20,22,25)/b21-11+. The number of fused-ring (bicyclic) bond motifs is 1. The summed E-state index contributed by atoms with van der Waals surface area (Å²) < 4.78 is 7.65. The molecular weight excluding hydrogens is 330 g/mol. The van der Waals surface area contributed by atoms with Gasteiger partial charge in [0.05, 0.1) is 11.9 Å². The maximum Gasteiger partial charge on any atom is 0.332 e. The first-order valence-corrected chi connectivity index (χ1v) is 7.93. The van der Waals surface area contributed by atoms with Crippen LogP contribution in [0.25, 0.3) is 28.1 Å². The van der Waals surface area contributed by atoms with Crippen molar-refractivity contribution in [1.82, 2.24) is 15.2 Å². The Balaban J connectivity index is 1.81. The molecule has 0 spiro atoms. The molecule has 7 heteroatoms. The van der Waals surface area contributed by atoms with Gasteiger partial charge in [-0.3, -0.25) is 0 Å². The van der Waals surface area contributed by atoms with E-state index in [1.807, 2.05) is 66.9 Å². The van der Waals surface area contributed by atoms with Crippen molar-refractivity contribution in [1.29, 1.82) is 0 Å². The van der Waals surface area contributed by atoms with E-state index in [4.69, 9.17) is 10.2 Å². The Morgan fingerprint density at radius 1 is 1.15 bits per heavy atom. The molecule has 0 atom stereocenters. The number of nitrogens with two attached hydrogens (primary N) is 1. The summed E-state index contributed by atoms with van der Waals surface area (Å²) in [5.41, 5.74) is 10.2. The van der Waals surface area contributed by atoms with Gasteiger partial charge in [-0.05, 0) is 24.3 Å². The summed E-state index contributed by atoms with van der Waals surface area (Å²) in [6, 6.07) is 18.6. The van der Waals surface area contributed by atoms with Gasteiger partial charge in [0.15, 0.2) is 5.76 Å². The first-order chi connectivity index (χ1) is 12.7. The average Bonchev–Trinajstić information content (AvgIpc) is 3.26. The van der Waals surface area contributed by atoms with Crippen LogP contribution in [-0.4, -0.2) is 22.0 Å². The predicted octanol–water partition coefficient (Wildman–Crippen LogP) is 3.29. The monoisotopic (exact) mass is 345 g/mol. The summed E-state index contributed by atoms with van der Waals surface area (Å²) in [6.45, 7) is 0. The number of benzene rings is 2. The first-order valence-electron chi connectivity index (χ1n) is 7.93. The van der Waals surface area contributed by atoms with Crippen LogP contribution in [0.2, 0.25) is 0 Å². The van der Waals surface area contributed by atoms with Gasteiger partial charge < -0.3 is 10.2 Å². The molecule has 0 aliphatic rings. The fraction of sp³-hybridized carbons (Fsp3) is 0. The van der Waals surface area contributed by atoms with Crippen LogP contribution in [0.5, 0.6) is 0 Å². The van der Waals surface area contributed by atoms with Gasteiger partial charge >= 0.3 is 6.03 Å². The molecule has 2 aromatic carbocycles. The van der Waals surface area contributed by atoms with Gasteiger partial charge in [0.25, 0.3) is 0 Å². The van der Waals surface area contributed by atoms with Crippen LogP contribution in [-0.2, 0) is 0 Å². The van der Waals surface area contributed by atoms with Crippen LogP contribution in [0, 0.1) is 0 Å². The smallest absolute Gasteiger partial charge is 0.332 e. The van der Waals surface area contributed by atoms with E-state index in [1.165, 1.54) is 6.21 Å². The molecule has 26 heavy (non-hydrogen) atoms. The summed E-state index contributed by atoms with van der Waals surface area (Å²) in [4.78, 5) is 10.8. The Kier molecular flexibility index (Phi) is 3.95. The number of rotatable bonds is 4. The molecule has 2 amide bonds. The first kappa shape index (κ1) is 15.6. The molecule has 128 valence electrons. The third-order valence-electron chi connectivity index (χ3n) is 3.80. The summed E-state index contributed by atoms with van der Waals surface area (Å²) in [6.07, 6.45) is 3.30. The van der Waals surface area contributed by atoms with Crippen molar-refractivity contribution in [3.8, 4) is 17.1 Å². The highest BCUT2D eigenvalue weighted by atomic mass is 16.3. The molecule has 0 bridgehead atoms. The third kappa shape index (κ3) is 3.05. The number of amides is 2. The number of furan rings is 1. The van der Waals surface area contributed by atoms with Gasteiger partial charge in [0.2, 0.25) is 0 Å². The number of hydrazone groups is 1. The van der Waals surface area contributed by atoms with E-state index in [1.54, 1.807) is 4.68 Å². The number of nitrogens with zero attached hydrogens (tertiary/aromatic N) is 3. The number of nitrogens with one attached hydrogen (secondary N) is 1. The van der Waals surface area contributed by atoms with E-state index in [0.717, 1.165) is 16.7 Å². The molecule has 2 heterocycles. The minimum absolute atomic E-state index is 0.611. The second kappa shape index (κ2) is 6.56. The third-order valence-corrected chi connectivity index (χ3v) is 3.80. The predicted molar refractivity (Wildman–Crippen MR) is 99.1 cm³/mol. The highest BCUT2D eigenvalue weighted by molar-refractivity contribution is 5.91. The van der Waals surface area contributed by atoms with Gasteiger partial charge in [-0.25, -0.2) is 14.9 Å². The molecule has 0 aliphatic carbocycles. The molecule has 4 aromatic rings. The van der Waals surface area contributed by atoms with Crippen LogP contribution in [0.4, 0.5) is 4.79 Å². The van der Waals surface area contributed by atoms with Crippen molar-refractivity contribution in [2.75, 3.05) is 0 Å². The minimum Gasteiger partial charge on any atom is -0.454 e. The second-order valence-corrected chi connectivity index (χ2v) is 5.60. The Morgan fingerprint density at radius 2 is 1.92 bits per heavy atom. The zero-order valence-electron chi connectivity index (χ0n) is 13.7. The fourth-order valence-corrected chi connectivity index (χ4v) is 2.65. The molecular formula is C19H15N5O2. The molecule has 0 saturated carbocycles. The summed E-state index contributed by atoms with van der Waals surface area (Å²) in [5.74, 6) is 0.612. The zero-order chi connectivity index (χ0) is 17.9. The van der Waals surface area contributed by atoms with Crippen molar-refractivity contribution in [3.05, 3.63) is 72.4 Å². The lowest BCUT2D eigenvalue weighted by Crippen LogP contribution is -2.24. The quantitative estimate of drug-likeness (QED) is 0.438. The second-order valence-electron chi connectivity index (χ2n) is 5.60. The van der Waals surface area contributed by atoms with Gasteiger partial charge in [0.1, 0.15) is 11.3 Å². The molecule has 0 saturated heterocycles. The SMILES string of the molecule is NC(=O)N/N=C/c1cn(-c2ccccc2)nc1-c1cc2ccccc2o1. The Morgan fingerprint density at radius 3 is 2.69 bits per heavy atom. The van der Waals surface area contributed by atoms with E-state index in [2.05, 4.69) is 15.6 Å². The fourth-order valence-electron chi connectivity index (χ4n) is 2.65. The van der Waals surface area contributed by atoms with Crippen molar-refractivity contribution < 1.29 is 9.21 Å². The van der Waals surface area contributed by atoms with Crippen molar-refractivity contribution in [3.63, 3.8) is 0 Å². The van der Waals surface area contributed by atoms with Crippen molar-refractivity contribution in [2.45, 2.75) is 0 Å². The Labute approximate surface area is 148 Å². The lowest BCUT2D eigenvalue weighted by atomic mass is 10.2. The summed E-state index contributed by atoms with van der Waals surface area (Å²) in [7, 11) is 0. The van der Waals surface area contributed by atoms with E-state index in [-0.39, 0.29) is 0 Å². The number of carbonyl (C=O) groups is 1. The highest BCUT2D eigenvalue weighted by Crippen LogP contribution is 2.29. The van der Waals surface area contributed by atoms with E-state index in [9.17, 15) is 4.79 Å². The lowest BCUT2D eigenvalue weighted by molar-refractivity contribution is 0.249. The number of primary amides is 1. The maximum absolute atomic E-state index is 10.8. The number of para-hydroxylation sites is 2. The van der Waals surface area contributed by atoms with E-state index in [0.29, 0.717) is 17.0 Å². The largest absolute Gasteiger partial charge is 0.454 e. The number of aromatic nitrogens is 2. The molecule has 0 fully saturated rings. The van der Waals surface area contributed by atoms with Crippen LogP contribution < -0.4 is 11.2 Å². The van der Waals surface area contributed by atoms with Gasteiger partial charge in [0, 0.05) is 17.1 Å². The zero-order valence-corrected chi connectivity index (χ0v) is 13.7. The van der Waals surface area contributed by atoms with Crippen molar-refractivity contribution >= 4 is 23.2 Å². The molecule has 7 nitrogen and oxygen atoms in total. The van der Waals surface area contributed by atoms with E-state index >= 15 is 0 Å². The number of carbonyl (C=O) groups excluding carboxylic acids is 1. The Bertz CT molecular complexity index is 1060. The normalized spacial score (nSPS) is 11.2. The molecule has 2 aromatic heterocycles. The van der Waals surface area contributed by atoms with Gasteiger partial charge in [-0.15, -0.1) is 0 Å². The Hall–Kier alpha value is -3.87. The van der Waals surface area contributed by atoms with E-state index < -0.39 is 6.03 Å². The lowest BCUT2D eigenvalue weighted by Gasteiger charge is -1.98.